The third-order valence-corrected chi connectivity index (χ3v) is 2.00. The number of rotatable bonds is 6. The molecular formula is C10H23N. The summed E-state index contributed by atoms with van der Waals surface area (Å²) in [6.07, 6.45) is 4.08. The quantitative estimate of drug-likeness (QED) is 0.584. The molecule has 11 heavy (non-hydrogen) atoms. The zero-order valence-corrected chi connectivity index (χ0v) is 8.48. The van der Waals surface area contributed by atoms with Gasteiger partial charge in [0.05, 0.1) is 0 Å². The van der Waals surface area contributed by atoms with Gasteiger partial charge < -0.3 is 5.32 Å². The Morgan fingerprint density at radius 3 is 2.27 bits per heavy atom. The van der Waals surface area contributed by atoms with Crippen LogP contribution in [-0.4, -0.2) is 13.6 Å². The fourth-order valence-electron chi connectivity index (χ4n) is 1.55. The SMILES string of the molecule is CNCCCC(C)CC(C)C. The summed E-state index contributed by atoms with van der Waals surface area (Å²) in [4.78, 5) is 0. The van der Waals surface area contributed by atoms with E-state index in [-0.39, 0.29) is 0 Å². The molecule has 0 aliphatic heterocycles. The van der Waals surface area contributed by atoms with Gasteiger partial charge in [0.1, 0.15) is 0 Å². The molecule has 0 aliphatic rings. The minimum absolute atomic E-state index is 0.861. The Labute approximate surface area is 71.6 Å². The first-order chi connectivity index (χ1) is 5.16. The molecule has 0 aromatic rings. The number of nitrogens with one attached hydrogen (secondary N) is 1. The van der Waals surface area contributed by atoms with Gasteiger partial charge in [0, 0.05) is 0 Å². The highest BCUT2D eigenvalue weighted by atomic mass is 14.8. The van der Waals surface area contributed by atoms with Crippen LogP contribution in [0.25, 0.3) is 0 Å². The molecule has 1 atom stereocenters. The highest BCUT2D eigenvalue weighted by molar-refractivity contribution is 4.56. The van der Waals surface area contributed by atoms with Crippen molar-refractivity contribution in [3.05, 3.63) is 0 Å². The molecule has 0 heterocycles. The molecule has 0 radical (unpaired) electrons. The lowest BCUT2D eigenvalue weighted by Crippen LogP contribution is -2.09. The molecule has 0 aromatic carbocycles. The van der Waals surface area contributed by atoms with Crippen molar-refractivity contribution < 1.29 is 0 Å². The first kappa shape index (κ1) is 11.0. The third-order valence-electron chi connectivity index (χ3n) is 2.00. The molecule has 0 fully saturated rings. The van der Waals surface area contributed by atoms with E-state index >= 15 is 0 Å². The van der Waals surface area contributed by atoms with E-state index in [9.17, 15) is 0 Å². The van der Waals surface area contributed by atoms with Gasteiger partial charge in [-0.2, -0.15) is 0 Å². The highest BCUT2D eigenvalue weighted by Crippen LogP contribution is 2.15. The fourth-order valence-corrected chi connectivity index (χ4v) is 1.55. The van der Waals surface area contributed by atoms with E-state index in [4.69, 9.17) is 0 Å². The summed E-state index contributed by atoms with van der Waals surface area (Å²) >= 11 is 0. The van der Waals surface area contributed by atoms with Gasteiger partial charge in [-0.1, -0.05) is 20.8 Å². The minimum Gasteiger partial charge on any atom is -0.320 e. The Morgan fingerprint density at radius 1 is 1.18 bits per heavy atom. The van der Waals surface area contributed by atoms with Gasteiger partial charge in [-0.25, -0.2) is 0 Å². The van der Waals surface area contributed by atoms with Gasteiger partial charge in [0.2, 0.25) is 0 Å². The maximum atomic E-state index is 3.18. The molecule has 0 aliphatic carbocycles. The van der Waals surface area contributed by atoms with E-state index in [0.717, 1.165) is 11.8 Å². The molecule has 1 nitrogen and oxygen atoms in total. The molecule has 1 heteroatoms. The number of hydrogen-bond donors (Lipinski definition) is 1. The van der Waals surface area contributed by atoms with Gasteiger partial charge in [-0.15, -0.1) is 0 Å². The second-order valence-corrected chi connectivity index (χ2v) is 3.98. The summed E-state index contributed by atoms with van der Waals surface area (Å²) in [6, 6.07) is 0. The van der Waals surface area contributed by atoms with E-state index in [1.54, 1.807) is 0 Å². The lowest BCUT2D eigenvalue weighted by molar-refractivity contribution is 0.404. The second kappa shape index (κ2) is 6.66. The molecule has 0 saturated heterocycles. The Morgan fingerprint density at radius 2 is 1.82 bits per heavy atom. The molecule has 0 amide bonds. The average Bonchev–Trinajstić information content (AvgIpc) is 1.86. The zero-order valence-electron chi connectivity index (χ0n) is 8.48. The first-order valence-corrected chi connectivity index (χ1v) is 4.81. The molecular weight excluding hydrogens is 134 g/mol. The van der Waals surface area contributed by atoms with Gasteiger partial charge in [0.25, 0.3) is 0 Å². The monoisotopic (exact) mass is 157 g/mol. The molecule has 0 aromatic heterocycles. The molecule has 0 rings (SSSR count). The maximum absolute atomic E-state index is 3.18. The Hall–Kier alpha value is -0.0400. The van der Waals surface area contributed by atoms with Crippen LogP contribution in [-0.2, 0) is 0 Å². The molecule has 0 bridgehead atoms. The van der Waals surface area contributed by atoms with Crippen LogP contribution in [0.15, 0.2) is 0 Å². The van der Waals surface area contributed by atoms with Crippen molar-refractivity contribution in [3.63, 3.8) is 0 Å². The standard InChI is InChI=1S/C10H23N/c1-9(2)8-10(3)6-5-7-11-4/h9-11H,5-8H2,1-4H3. The predicted molar refractivity (Wildman–Crippen MR) is 51.8 cm³/mol. The van der Waals surface area contributed by atoms with E-state index in [1.807, 2.05) is 7.05 Å². The van der Waals surface area contributed by atoms with Crippen molar-refractivity contribution in [2.24, 2.45) is 11.8 Å². The lowest BCUT2D eigenvalue weighted by atomic mass is 9.95. The summed E-state index contributed by atoms with van der Waals surface area (Å²) in [7, 11) is 2.02. The smallest absolute Gasteiger partial charge is 0.00518 e. The van der Waals surface area contributed by atoms with Crippen LogP contribution in [0.2, 0.25) is 0 Å². The topological polar surface area (TPSA) is 12.0 Å². The predicted octanol–water partition coefficient (Wildman–Crippen LogP) is 2.67. The van der Waals surface area contributed by atoms with Crippen LogP contribution in [0.3, 0.4) is 0 Å². The summed E-state index contributed by atoms with van der Waals surface area (Å²) in [6.45, 7) is 8.13. The van der Waals surface area contributed by atoms with Crippen molar-refractivity contribution in [3.8, 4) is 0 Å². The third kappa shape index (κ3) is 7.86. The molecule has 1 N–H and O–H groups in total. The van der Waals surface area contributed by atoms with Gasteiger partial charge in [0.15, 0.2) is 0 Å². The second-order valence-electron chi connectivity index (χ2n) is 3.98. The van der Waals surface area contributed by atoms with Crippen molar-refractivity contribution in [1.29, 1.82) is 0 Å². The molecule has 68 valence electrons. The normalized spacial score (nSPS) is 13.9. The average molecular weight is 157 g/mol. The Bertz CT molecular complexity index is 78.9. The molecule has 0 saturated carbocycles. The van der Waals surface area contributed by atoms with Crippen LogP contribution in [0, 0.1) is 11.8 Å². The molecule has 0 spiro atoms. The zero-order chi connectivity index (χ0) is 8.69. The Balaban J connectivity index is 3.15. The number of hydrogen-bond acceptors (Lipinski definition) is 1. The summed E-state index contributed by atoms with van der Waals surface area (Å²) in [5.74, 6) is 1.77. The summed E-state index contributed by atoms with van der Waals surface area (Å²) in [5.41, 5.74) is 0. The van der Waals surface area contributed by atoms with E-state index in [1.165, 1.54) is 25.8 Å². The van der Waals surface area contributed by atoms with Crippen LogP contribution in [0.5, 0.6) is 0 Å². The van der Waals surface area contributed by atoms with Crippen molar-refractivity contribution in [2.75, 3.05) is 13.6 Å². The first-order valence-electron chi connectivity index (χ1n) is 4.81. The van der Waals surface area contributed by atoms with Crippen LogP contribution < -0.4 is 5.32 Å². The van der Waals surface area contributed by atoms with Crippen LogP contribution in [0.1, 0.15) is 40.0 Å². The minimum atomic E-state index is 0.861. The fraction of sp³-hybridized carbons (Fsp3) is 1.00. The van der Waals surface area contributed by atoms with Crippen LogP contribution >= 0.6 is 0 Å². The van der Waals surface area contributed by atoms with Gasteiger partial charge in [-0.3, -0.25) is 0 Å². The maximum Gasteiger partial charge on any atom is -0.00518 e. The molecule has 1 unspecified atom stereocenters. The van der Waals surface area contributed by atoms with E-state index in [2.05, 4.69) is 26.1 Å². The Kier molecular flexibility index (Phi) is 6.63. The van der Waals surface area contributed by atoms with Crippen molar-refractivity contribution in [1.82, 2.24) is 5.32 Å². The summed E-state index contributed by atoms with van der Waals surface area (Å²) < 4.78 is 0. The lowest BCUT2D eigenvalue weighted by Gasteiger charge is -2.12. The van der Waals surface area contributed by atoms with Gasteiger partial charge in [-0.05, 0) is 44.7 Å². The summed E-state index contributed by atoms with van der Waals surface area (Å²) in [5, 5.41) is 3.18. The largest absolute Gasteiger partial charge is 0.320 e. The van der Waals surface area contributed by atoms with Crippen molar-refractivity contribution in [2.45, 2.75) is 40.0 Å². The highest BCUT2D eigenvalue weighted by Gasteiger charge is 2.03. The van der Waals surface area contributed by atoms with Crippen LogP contribution in [0.4, 0.5) is 0 Å². The van der Waals surface area contributed by atoms with E-state index in [0.29, 0.717) is 0 Å². The van der Waals surface area contributed by atoms with Crippen molar-refractivity contribution >= 4 is 0 Å². The van der Waals surface area contributed by atoms with Gasteiger partial charge >= 0.3 is 0 Å². The van der Waals surface area contributed by atoms with E-state index < -0.39 is 0 Å².